The lowest BCUT2D eigenvalue weighted by Gasteiger charge is -1.98. The van der Waals surface area contributed by atoms with Gasteiger partial charge in [0.2, 0.25) is 0 Å². The zero-order valence-electron chi connectivity index (χ0n) is 7.26. The quantitative estimate of drug-likeness (QED) is 0.571. The lowest BCUT2D eigenvalue weighted by atomic mass is 10.1. The Kier molecular flexibility index (Phi) is 1.58. The van der Waals surface area contributed by atoms with Crippen LogP contribution in [0.15, 0.2) is 24.3 Å². The number of pyridine rings is 1. The first-order chi connectivity index (χ1) is 5.75. The summed E-state index contributed by atoms with van der Waals surface area (Å²) >= 11 is 0. The van der Waals surface area contributed by atoms with Crippen molar-refractivity contribution in [2.75, 3.05) is 0 Å². The van der Waals surface area contributed by atoms with Gasteiger partial charge in [-0.25, -0.2) is 0 Å². The Labute approximate surface area is 72.1 Å². The predicted octanol–water partition coefficient (Wildman–Crippen LogP) is 2.65. The summed E-state index contributed by atoms with van der Waals surface area (Å²) < 4.78 is 0. The molecule has 0 saturated heterocycles. The van der Waals surface area contributed by atoms with Crippen molar-refractivity contribution in [1.82, 2.24) is 4.98 Å². The average Bonchev–Trinajstić information content (AvgIpc) is 2.03. The molecule has 1 heterocycles. The highest BCUT2D eigenvalue weighted by Gasteiger charge is 1.94. The number of benzene rings is 1. The molecule has 1 radical (unpaired) electrons. The zero-order valence-corrected chi connectivity index (χ0v) is 7.26. The second kappa shape index (κ2) is 2.59. The van der Waals surface area contributed by atoms with Gasteiger partial charge < -0.3 is 0 Å². The molecule has 1 aromatic heterocycles. The molecule has 1 heteroatoms. The van der Waals surface area contributed by atoms with Gasteiger partial charge in [0.25, 0.3) is 0 Å². The van der Waals surface area contributed by atoms with E-state index in [1.54, 1.807) is 0 Å². The number of aromatic nitrogens is 1. The Balaban J connectivity index is 2.80. The van der Waals surface area contributed by atoms with E-state index in [0.29, 0.717) is 0 Å². The maximum absolute atomic E-state index is 4.38. The summed E-state index contributed by atoms with van der Waals surface area (Å²) in [4.78, 5) is 4.38. The van der Waals surface area contributed by atoms with Crippen molar-refractivity contribution >= 4 is 10.9 Å². The molecule has 0 saturated carbocycles. The Hall–Kier alpha value is -1.37. The van der Waals surface area contributed by atoms with Crippen LogP contribution in [-0.2, 0) is 0 Å². The van der Waals surface area contributed by atoms with Gasteiger partial charge in [-0.1, -0.05) is 12.1 Å². The first kappa shape index (κ1) is 7.29. The number of hydrogen-bond acceptors (Lipinski definition) is 1. The van der Waals surface area contributed by atoms with Crippen LogP contribution in [0.5, 0.6) is 0 Å². The van der Waals surface area contributed by atoms with Gasteiger partial charge in [0.1, 0.15) is 0 Å². The Morgan fingerprint density at radius 1 is 1.25 bits per heavy atom. The van der Waals surface area contributed by atoms with Crippen LogP contribution in [0.4, 0.5) is 0 Å². The van der Waals surface area contributed by atoms with Crippen LogP contribution < -0.4 is 0 Å². The summed E-state index contributed by atoms with van der Waals surface area (Å²) in [6, 6.07) is 11.3. The Morgan fingerprint density at radius 2 is 2.08 bits per heavy atom. The third-order valence-electron chi connectivity index (χ3n) is 1.91. The molecule has 1 aromatic carbocycles. The highest BCUT2D eigenvalue weighted by atomic mass is 14.7. The lowest BCUT2D eigenvalue weighted by molar-refractivity contribution is 1.24. The minimum absolute atomic E-state index is 0.952. The molecule has 0 unspecified atom stereocenters. The van der Waals surface area contributed by atoms with Gasteiger partial charge in [-0.05, 0) is 31.5 Å². The molecule has 12 heavy (non-hydrogen) atoms. The number of fused-ring (bicyclic) bond motifs is 1. The maximum Gasteiger partial charge on any atom is 0.0708 e. The van der Waals surface area contributed by atoms with E-state index in [9.17, 15) is 0 Å². The summed E-state index contributed by atoms with van der Waals surface area (Å²) in [5, 5.41) is 1.16. The van der Waals surface area contributed by atoms with E-state index in [4.69, 9.17) is 0 Å². The summed E-state index contributed by atoms with van der Waals surface area (Å²) in [6.45, 7) is 4.04. The van der Waals surface area contributed by atoms with Gasteiger partial charge in [0.05, 0.1) is 5.52 Å². The minimum Gasteiger partial charge on any atom is -0.252 e. The highest BCUT2D eigenvalue weighted by Crippen LogP contribution is 2.13. The van der Waals surface area contributed by atoms with Crippen molar-refractivity contribution in [2.24, 2.45) is 0 Å². The molecule has 0 aliphatic rings. The van der Waals surface area contributed by atoms with E-state index in [1.807, 2.05) is 13.0 Å². The van der Waals surface area contributed by atoms with Crippen molar-refractivity contribution < 1.29 is 0 Å². The van der Waals surface area contributed by atoms with E-state index >= 15 is 0 Å². The van der Waals surface area contributed by atoms with Gasteiger partial charge in [-0.15, -0.1) is 0 Å². The molecule has 2 aromatic rings. The van der Waals surface area contributed by atoms with Gasteiger partial charge in [0, 0.05) is 17.1 Å². The fourth-order valence-electron chi connectivity index (χ4n) is 1.27. The maximum atomic E-state index is 4.38. The smallest absolute Gasteiger partial charge is 0.0708 e. The second-order valence-electron chi connectivity index (χ2n) is 3.05. The summed E-state index contributed by atoms with van der Waals surface area (Å²) in [6.07, 6.45) is 0. The number of aryl methyl sites for hydroxylation is 2. The molecular formula is C11H10N. The first-order valence-electron chi connectivity index (χ1n) is 4.01. The van der Waals surface area contributed by atoms with Crippen LogP contribution in [-0.4, -0.2) is 4.98 Å². The van der Waals surface area contributed by atoms with E-state index in [2.05, 4.69) is 36.2 Å². The van der Waals surface area contributed by atoms with Crippen molar-refractivity contribution in [3.63, 3.8) is 0 Å². The molecular weight excluding hydrogens is 146 g/mol. The monoisotopic (exact) mass is 156 g/mol. The van der Waals surface area contributed by atoms with E-state index in [0.717, 1.165) is 16.6 Å². The molecule has 0 fully saturated rings. The molecule has 0 atom stereocenters. The Morgan fingerprint density at radius 3 is 2.92 bits per heavy atom. The molecule has 0 bridgehead atoms. The molecule has 1 nitrogen and oxygen atoms in total. The fourth-order valence-corrected chi connectivity index (χ4v) is 1.27. The van der Waals surface area contributed by atoms with Crippen LogP contribution >= 0.6 is 0 Å². The molecule has 59 valence electrons. The van der Waals surface area contributed by atoms with Crippen LogP contribution in [0, 0.1) is 19.9 Å². The standard InChI is InChI=1S/C11H10N/c1-8-3-5-10-6-4-9(2)12-11(10)7-8/h3,5-7H,1-2H3. The molecule has 0 amide bonds. The van der Waals surface area contributed by atoms with Gasteiger partial charge in [0.15, 0.2) is 0 Å². The molecule has 2 rings (SSSR count). The van der Waals surface area contributed by atoms with Crippen LogP contribution in [0.25, 0.3) is 10.9 Å². The SMILES string of the molecule is Cc1ccc2c[c]c(C)nc2c1. The molecule has 0 spiro atoms. The molecule has 0 aliphatic heterocycles. The number of nitrogens with zero attached hydrogens (tertiary/aromatic N) is 1. The molecule has 0 aliphatic carbocycles. The van der Waals surface area contributed by atoms with Crippen molar-refractivity contribution in [1.29, 1.82) is 0 Å². The minimum atomic E-state index is 0.952. The number of hydrogen-bond donors (Lipinski definition) is 0. The summed E-state index contributed by atoms with van der Waals surface area (Å²) in [5.41, 5.74) is 3.26. The first-order valence-corrected chi connectivity index (χ1v) is 4.01. The van der Waals surface area contributed by atoms with Crippen molar-refractivity contribution in [3.8, 4) is 0 Å². The summed E-state index contributed by atoms with van der Waals surface area (Å²) in [5.74, 6) is 0. The van der Waals surface area contributed by atoms with Crippen LogP contribution in [0.1, 0.15) is 11.3 Å². The van der Waals surface area contributed by atoms with Crippen LogP contribution in [0.2, 0.25) is 0 Å². The largest absolute Gasteiger partial charge is 0.252 e. The highest BCUT2D eigenvalue weighted by molar-refractivity contribution is 5.79. The predicted molar refractivity (Wildman–Crippen MR) is 50.1 cm³/mol. The number of rotatable bonds is 0. The van der Waals surface area contributed by atoms with E-state index < -0.39 is 0 Å². The van der Waals surface area contributed by atoms with Gasteiger partial charge >= 0.3 is 0 Å². The Bertz CT molecular complexity index is 382. The third kappa shape index (κ3) is 1.18. The topological polar surface area (TPSA) is 12.9 Å². The second-order valence-corrected chi connectivity index (χ2v) is 3.05. The van der Waals surface area contributed by atoms with Crippen molar-refractivity contribution in [3.05, 3.63) is 41.6 Å². The zero-order chi connectivity index (χ0) is 8.55. The normalized spacial score (nSPS) is 10.5. The fraction of sp³-hybridized carbons (Fsp3) is 0.182. The van der Waals surface area contributed by atoms with Gasteiger partial charge in [-0.3, -0.25) is 4.98 Å². The van der Waals surface area contributed by atoms with E-state index in [1.165, 1.54) is 5.56 Å². The summed E-state index contributed by atoms with van der Waals surface area (Å²) in [7, 11) is 0. The lowest BCUT2D eigenvalue weighted by Crippen LogP contribution is -1.83. The average molecular weight is 156 g/mol. The van der Waals surface area contributed by atoms with Crippen LogP contribution in [0.3, 0.4) is 0 Å². The third-order valence-corrected chi connectivity index (χ3v) is 1.91. The van der Waals surface area contributed by atoms with E-state index in [-0.39, 0.29) is 0 Å². The molecule has 0 N–H and O–H groups in total. The van der Waals surface area contributed by atoms with Gasteiger partial charge in [-0.2, -0.15) is 0 Å². The van der Waals surface area contributed by atoms with Crippen molar-refractivity contribution in [2.45, 2.75) is 13.8 Å².